The number of benzene rings is 1. The van der Waals surface area contributed by atoms with Crippen LogP contribution in [0, 0.1) is 29.0 Å². The molecule has 0 amide bonds. The number of nitrogens with zero attached hydrogens (tertiary/aromatic N) is 2. The predicted molar refractivity (Wildman–Crippen MR) is 118 cm³/mol. The largest absolute Gasteiger partial charge is 0.466 e. The molecule has 0 N–H and O–H groups in total. The number of allylic oxidation sites excluding steroid dienone is 3. The fourth-order valence-corrected chi connectivity index (χ4v) is 6.13. The smallest absolute Gasteiger partial charge is 0.392 e. The highest BCUT2D eigenvalue weighted by Crippen LogP contribution is 2.59. The quantitative estimate of drug-likeness (QED) is 0.309. The van der Waals surface area contributed by atoms with Crippen LogP contribution in [0.2, 0.25) is 0 Å². The maximum atomic E-state index is 13.9. The highest BCUT2D eigenvalue weighted by molar-refractivity contribution is 5.75. The molecule has 5 rings (SSSR count). The summed E-state index contributed by atoms with van der Waals surface area (Å²) in [6.45, 7) is 3.73. The van der Waals surface area contributed by atoms with Crippen molar-refractivity contribution in [1.29, 1.82) is 0 Å². The highest BCUT2D eigenvalue weighted by Gasteiger charge is 2.56. The molecule has 4 unspecified atom stereocenters. The molecule has 1 fully saturated rings. The SMILES string of the molecule is CCOC(=O)C1C2CCC3=Cc4c(cnn4-c4ccc(F)cc4)CC3(C)C2=CCC1C(F)(F)F. The van der Waals surface area contributed by atoms with E-state index in [0.717, 1.165) is 28.1 Å². The summed E-state index contributed by atoms with van der Waals surface area (Å²) in [4.78, 5) is 12.8. The standard InChI is InChI=1S/C26H26F4N2O2/c1-3-34-24(33)23-19-9-4-16-12-22-15(14-31-32(22)18-7-5-17(27)6-8-18)13-25(16,2)20(19)10-11-21(23)26(28,29)30/h5-8,10,12,14,19,21,23H,3-4,9,11,13H2,1-2H3. The fraction of sp³-hybridized carbons (Fsp3) is 0.462. The van der Waals surface area contributed by atoms with E-state index in [9.17, 15) is 22.4 Å². The third kappa shape index (κ3) is 3.58. The molecule has 180 valence electrons. The molecular weight excluding hydrogens is 448 g/mol. The lowest BCUT2D eigenvalue weighted by Gasteiger charge is -2.50. The molecule has 2 aromatic rings. The Kier molecular flexibility index (Phi) is 5.45. The van der Waals surface area contributed by atoms with E-state index >= 15 is 0 Å². The average molecular weight is 474 g/mol. The normalized spacial score (nSPS) is 28.2. The van der Waals surface area contributed by atoms with Gasteiger partial charge >= 0.3 is 12.1 Å². The minimum atomic E-state index is -4.47. The van der Waals surface area contributed by atoms with Crippen LogP contribution in [0.25, 0.3) is 11.8 Å². The first-order chi connectivity index (χ1) is 16.1. The van der Waals surface area contributed by atoms with Crippen LogP contribution in [0.15, 0.2) is 47.7 Å². The first-order valence-electron chi connectivity index (χ1n) is 11.6. The second-order valence-corrected chi connectivity index (χ2v) is 9.59. The minimum absolute atomic E-state index is 0.0556. The summed E-state index contributed by atoms with van der Waals surface area (Å²) in [7, 11) is 0. The lowest BCUT2D eigenvalue weighted by molar-refractivity contribution is -0.204. The fourth-order valence-electron chi connectivity index (χ4n) is 6.13. The minimum Gasteiger partial charge on any atom is -0.466 e. The number of fused-ring (bicyclic) bond motifs is 4. The molecule has 8 heteroatoms. The van der Waals surface area contributed by atoms with Gasteiger partial charge in [0, 0.05) is 5.41 Å². The van der Waals surface area contributed by atoms with Crippen molar-refractivity contribution in [3.63, 3.8) is 0 Å². The second kappa shape index (κ2) is 8.10. The molecule has 1 aromatic heterocycles. The Bertz CT molecular complexity index is 1180. The number of aromatic nitrogens is 2. The summed E-state index contributed by atoms with van der Waals surface area (Å²) in [5, 5.41) is 4.51. The van der Waals surface area contributed by atoms with Crippen LogP contribution in [0.4, 0.5) is 17.6 Å². The van der Waals surface area contributed by atoms with Crippen molar-refractivity contribution in [3.8, 4) is 5.69 Å². The van der Waals surface area contributed by atoms with Gasteiger partial charge in [-0.1, -0.05) is 24.1 Å². The molecule has 3 aliphatic rings. The van der Waals surface area contributed by atoms with Crippen LogP contribution >= 0.6 is 0 Å². The molecule has 0 aliphatic heterocycles. The summed E-state index contributed by atoms with van der Waals surface area (Å²) in [5.41, 5.74) is 4.17. The Morgan fingerprint density at radius 3 is 2.68 bits per heavy atom. The number of ether oxygens (including phenoxy) is 1. The van der Waals surface area contributed by atoms with Gasteiger partial charge in [0.1, 0.15) is 5.82 Å². The highest BCUT2D eigenvalue weighted by atomic mass is 19.4. The van der Waals surface area contributed by atoms with Gasteiger partial charge in [-0.3, -0.25) is 4.79 Å². The number of hydrogen-bond donors (Lipinski definition) is 0. The van der Waals surface area contributed by atoms with Crippen molar-refractivity contribution in [2.45, 2.75) is 45.7 Å². The number of carbonyl (C=O) groups is 1. The van der Waals surface area contributed by atoms with Gasteiger partial charge in [0.25, 0.3) is 0 Å². The van der Waals surface area contributed by atoms with E-state index in [4.69, 9.17) is 4.74 Å². The van der Waals surface area contributed by atoms with Gasteiger partial charge in [0.2, 0.25) is 0 Å². The number of halogens is 4. The van der Waals surface area contributed by atoms with Gasteiger partial charge in [-0.05, 0) is 74.4 Å². The lowest BCUT2D eigenvalue weighted by Crippen LogP contribution is -2.48. The Labute approximate surface area is 195 Å². The Balaban J connectivity index is 1.54. The molecule has 1 saturated carbocycles. The zero-order valence-corrected chi connectivity index (χ0v) is 19.0. The van der Waals surface area contributed by atoms with Gasteiger partial charge in [-0.25, -0.2) is 9.07 Å². The van der Waals surface area contributed by atoms with E-state index in [1.165, 1.54) is 12.1 Å². The Hall–Kier alpha value is -2.90. The summed E-state index contributed by atoms with van der Waals surface area (Å²) in [5.74, 6) is -4.53. The van der Waals surface area contributed by atoms with Crippen molar-refractivity contribution in [1.82, 2.24) is 9.78 Å². The first kappa shape index (κ1) is 22.9. The van der Waals surface area contributed by atoms with Gasteiger partial charge < -0.3 is 4.74 Å². The van der Waals surface area contributed by atoms with Gasteiger partial charge in [0.05, 0.1) is 36.0 Å². The molecule has 1 aromatic carbocycles. The van der Waals surface area contributed by atoms with Gasteiger partial charge in [-0.15, -0.1) is 0 Å². The number of rotatable bonds is 3. The summed E-state index contributed by atoms with van der Waals surface area (Å²) in [6, 6.07) is 6.09. The van der Waals surface area contributed by atoms with Crippen LogP contribution in [0.3, 0.4) is 0 Å². The monoisotopic (exact) mass is 474 g/mol. The first-order valence-corrected chi connectivity index (χ1v) is 11.6. The second-order valence-electron chi connectivity index (χ2n) is 9.59. The zero-order valence-electron chi connectivity index (χ0n) is 19.0. The number of carbonyl (C=O) groups excluding carboxylic acids is 1. The van der Waals surface area contributed by atoms with Gasteiger partial charge in [0.15, 0.2) is 0 Å². The van der Waals surface area contributed by atoms with E-state index in [2.05, 4.69) is 18.1 Å². The molecule has 0 spiro atoms. The van der Waals surface area contributed by atoms with Crippen LogP contribution < -0.4 is 0 Å². The molecule has 0 saturated heterocycles. The molecule has 1 heterocycles. The molecule has 4 nitrogen and oxygen atoms in total. The Morgan fingerprint density at radius 1 is 1.26 bits per heavy atom. The predicted octanol–water partition coefficient (Wildman–Crippen LogP) is 6.06. The maximum absolute atomic E-state index is 13.9. The molecule has 0 radical (unpaired) electrons. The van der Waals surface area contributed by atoms with Crippen LogP contribution in [-0.2, 0) is 16.0 Å². The third-order valence-electron chi connectivity index (χ3n) is 7.72. The van der Waals surface area contributed by atoms with Crippen molar-refractivity contribution in [2.24, 2.45) is 23.2 Å². The van der Waals surface area contributed by atoms with E-state index in [-0.39, 0.29) is 18.8 Å². The molecule has 4 atom stereocenters. The lowest BCUT2D eigenvalue weighted by atomic mass is 9.54. The van der Waals surface area contributed by atoms with Crippen molar-refractivity contribution in [2.75, 3.05) is 6.61 Å². The third-order valence-corrected chi connectivity index (χ3v) is 7.72. The number of esters is 1. The van der Waals surface area contributed by atoms with E-state index < -0.39 is 35.3 Å². The van der Waals surface area contributed by atoms with E-state index in [1.54, 1.807) is 36.0 Å². The molecule has 0 bridgehead atoms. The van der Waals surface area contributed by atoms with Crippen LogP contribution in [-0.4, -0.2) is 28.5 Å². The van der Waals surface area contributed by atoms with Gasteiger partial charge in [-0.2, -0.15) is 18.3 Å². The maximum Gasteiger partial charge on any atom is 0.392 e. The van der Waals surface area contributed by atoms with E-state index in [1.807, 2.05) is 0 Å². The summed E-state index contributed by atoms with van der Waals surface area (Å²) in [6.07, 6.45) is 2.52. The topological polar surface area (TPSA) is 44.1 Å². The van der Waals surface area contributed by atoms with Crippen LogP contribution in [0.1, 0.15) is 44.4 Å². The molecule has 3 aliphatic carbocycles. The van der Waals surface area contributed by atoms with E-state index in [0.29, 0.717) is 19.3 Å². The molecular formula is C26H26F4N2O2. The Morgan fingerprint density at radius 2 is 2.00 bits per heavy atom. The van der Waals surface area contributed by atoms with Crippen molar-refractivity contribution in [3.05, 3.63) is 64.8 Å². The van der Waals surface area contributed by atoms with Crippen LogP contribution in [0.5, 0.6) is 0 Å². The number of alkyl halides is 3. The average Bonchev–Trinajstić information content (AvgIpc) is 3.18. The summed E-state index contributed by atoms with van der Waals surface area (Å²) < 4.78 is 61.9. The number of hydrogen-bond acceptors (Lipinski definition) is 3. The van der Waals surface area contributed by atoms with Crippen molar-refractivity contribution < 1.29 is 27.1 Å². The summed E-state index contributed by atoms with van der Waals surface area (Å²) >= 11 is 0. The molecule has 34 heavy (non-hydrogen) atoms. The zero-order chi connectivity index (χ0) is 24.3. The van der Waals surface area contributed by atoms with Crippen molar-refractivity contribution >= 4 is 12.0 Å².